The van der Waals surface area contributed by atoms with Gasteiger partial charge in [-0.25, -0.2) is 13.1 Å². The first-order valence-electron chi connectivity index (χ1n) is 11.6. The lowest BCUT2D eigenvalue weighted by Gasteiger charge is -2.19. The molecule has 1 amide bonds. The Labute approximate surface area is 219 Å². The van der Waals surface area contributed by atoms with E-state index >= 15 is 0 Å². The molecule has 1 aliphatic heterocycles. The number of aryl methyl sites for hydroxylation is 2. The fraction of sp³-hybridized carbons (Fsp3) is 0.222. The highest BCUT2D eigenvalue weighted by atomic mass is 32.2. The summed E-state index contributed by atoms with van der Waals surface area (Å²) in [7, 11) is -1.20. The minimum absolute atomic E-state index is 0.0395. The average Bonchev–Trinajstić information content (AvgIpc) is 3.47. The molecular formula is C27H26N2O8S. The molecule has 1 aliphatic rings. The number of carbonyl (C=O) groups is 1. The standard InChI is InChI=1S/C27H26N2O8S/c1-15-4-9-24(23(10-15)35-3)38(33,34)28-26(30)25(16-6-8-21-22(12-16)37-14-36-21)19-13-29(2)20-11-17(27(31)32)5-7-18(19)20/h4-13,25,27,31-32H,14H2,1-3H3,(H,28,30)/t25-/m0/s1. The molecule has 4 aromatic rings. The third-order valence-corrected chi connectivity index (χ3v) is 7.88. The maximum Gasteiger partial charge on any atom is 0.267 e. The van der Waals surface area contributed by atoms with Crippen LogP contribution in [0.3, 0.4) is 0 Å². The number of sulfonamides is 1. The highest BCUT2D eigenvalue weighted by Gasteiger charge is 2.32. The van der Waals surface area contributed by atoms with Crippen molar-refractivity contribution in [1.82, 2.24) is 9.29 Å². The molecule has 10 nitrogen and oxygen atoms in total. The molecule has 3 aromatic carbocycles. The van der Waals surface area contributed by atoms with Gasteiger partial charge in [0.15, 0.2) is 17.8 Å². The minimum Gasteiger partial charge on any atom is -0.495 e. The molecule has 2 heterocycles. The molecule has 0 saturated carbocycles. The van der Waals surface area contributed by atoms with Crippen LogP contribution in [0.5, 0.6) is 17.2 Å². The summed E-state index contributed by atoms with van der Waals surface area (Å²) >= 11 is 0. The Bertz CT molecular complexity index is 1660. The summed E-state index contributed by atoms with van der Waals surface area (Å²) in [6.45, 7) is 1.84. The minimum atomic E-state index is -4.31. The van der Waals surface area contributed by atoms with Crippen molar-refractivity contribution in [3.05, 3.63) is 83.0 Å². The fourth-order valence-electron chi connectivity index (χ4n) is 4.63. The van der Waals surface area contributed by atoms with E-state index in [1.807, 2.05) is 0 Å². The second-order valence-electron chi connectivity index (χ2n) is 9.02. The molecule has 11 heteroatoms. The first-order valence-corrected chi connectivity index (χ1v) is 13.1. The van der Waals surface area contributed by atoms with Gasteiger partial charge < -0.3 is 29.0 Å². The van der Waals surface area contributed by atoms with Crippen LogP contribution in [0, 0.1) is 6.92 Å². The molecule has 0 unspecified atom stereocenters. The zero-order valence-corrected chi connectivity index (χ0v) is 21.7. The normalized spacial score (nSPS) is 13.6. The predicted octanol–water partition coefficient (Wildman–Crippen LogP) is 2.84. The van der Waals surface area contributed by atoms with Gasteiger partial charge in [0.25, 0.3) is 10.0 Å². The number of aliphatic hydroxyl groups is 2. The van der Waals surface area contributed by atoms with E-state index in [9.17, 15) is 23.4 Å². The van der Waals surface area contributed by atoms with Gasteiger partial charge in [-0.05, 0) is 53.9 Å². The highest BCUT2D eigenvalue weighted by Crippen LogP contribution is 2.39. The number of carbonyl (C=O) groups excluding carboxylic acids is 1. The fourth-order valence-corrected chi connectivity index (χ4v) is 5.78. The number of rotatable bonds is 7. The molecule has 38 heavy (non-hydrogen) atoms. The van der Waals surface area contributed by atoms with Gasteiger partial charge in [-0.1, -0.05) is 24.3 Å². The zero-order valence-electron chi connectivity index (χ0n) is 20.8. The van der Waals surface area contributed by atoms with E-state index in [2.05, 4.69) is 4.72 Å². The van der Waals surface area contributed by atoms with Gasteiger partial charge in [-0.3, -0.25) is 4.79 Å². The number of aliphatic hydroxyl groups excluding tert-OH is 1. The van der Waals surface area contributed by atoms with Crippen LogP contribution >= 0.6 is 0 Å². The van der Waals surface area contributed by atoms with Crippen LogP contribution in [0.2, 0.25) is 0 Å². The quantitative estimate of drug-likeness (QED) is 0.306. The smallest absolute Gasteiger partial charge is 0.267 e. The third-order valence-electron chi connectivity index (χ3n) is 6.49. The van der Waals surface area contributed by atoms with Gasteiger partial charge in [0.05, 0.1) is 13.0 Å². The van der Waals surface area contributed by atoms with Crippen LogP contribution < -0.4 is 18.9 Å². The molecular weight excluding hydrogens is 512 g/mol. The Morgan fingerprint density at radius 2 is 1.76 bits per heavy atom. The van der Waals surface area contributed by atoms with Gasteiger partial charge in [0, 0.05) is 29.7 Å². The number of methoxy groups -OCH3 is 1. The Morgan fingerprint density at radius 3 is 2.50 bits per heavy atom. The second-order valence-corrected chi connectivity index (χ2v) is 10.7. The molecule has 1 atom stereocenters. The number of aromatic nitrogens is 1. The summed E-state index contributed by atoms with van der Waals surface area (Å²) < 4.78 is 46.8. The third kappa shape index (κ3) is 4.55. The van der Waals surface area contributed by atoms with E-state index in [0.29, 0.717) is 33.5 Å². The molecule has 0 radical (unpaired) electrons. The van der Waals surface area contributed by atoms with E-state index in [0.717, 1.165) is 5.56 Å². The number of ether oxygens (including phenoxy) is 3. The molecule has 3 N–H and O–H groups in total. The van der Waals surface area contributed by atoms with Gasteiger partial charge in [0.2, 0.25) is 12.7 Å². The van der Waals surface area contributed by atoms with Crippen LogP contribution in [-0.4, -0.2) is 43.0 Å². The van der Waals surface area contributed by atoms with E-state index in [1.54, 1.807) is 73.3 Å². The monoisotopic (exact) mass is 538 g/mol. The second kappa shape index (κ2) is 9.67. The number of hydrogen-bond donors (Lipinski definition) is 3. The van der Waals surface area contributed by atoms with Crippen molar-refractivity contribution < 1.29 is 37.6 Å². The van der Waals surface area contributed by atoms with Crippen LogP contribution in [0.4, 0.5) is 0 Å². The number of nitrogens with zero attached hydrogens (tertiary/aromatic N) is 1. The van der Waals surface area contributed by atoms with Crippen molar-refractivity contribution in [2.24, 2.45) is 7.05 Å². The van der Waals surface area contributed by atoms with Crippen LogP contribution in [0.15, 0.2) is 65.7 Å². The summed E-state index contributed by atoms with van der Waals surface area (Å²) in [6, 6.07) is 14.4. The highest BCUT2D eigenvalue weighted by molar-refractivity contribution is 7.90. The summed E-state index contributed by atoms with van der Waals surface area (Å²) in [6.07, 6.45) is 0.0480. The number of hydrogen-bond acceptors (Lipinski definition) is 8. The maximum atomic E-state index is 13.8. The molecule has 1 aromatic heterocycles. The van der Waals surface area contributed by atoms with Crippen LogP contribution in [-0.2, 0) is 21.9 Å². The first kappa shape index (κ1) is 25.6. The maximum absolute atomic E-state index is 13.8. The van der Waals surface area contributed by atoms with Gasteiger partial charge in [0.1, 0.15) is 10.6 Å². The summed E-state index contributed by atoms with van der Waals surface area (Å²) in [5.74, 6) is -0.779. The van der Waals surface area contributed by atoms with Crippen molar-refractivity contribution in [3.8, 4) is 17.2 Å². The number of benzene rings is 3. The van der Waals surface area contributed by atoms with E-state index < -0.39 is 28.1 Å². The van der Waals surface area contributed by atoms with Gasteiger partial charge >= 0.3 is 0 Å². The number of fused-ring (bicyclic) bond motifs is 2. The molecule has 0 bridgehead atoms. The predicted molar refractivity (Wildman–Crippen MR) is 138 cm³/mol. The topological polar surface area (TPSA) is 136 Å². The first-order chi connectivity index (χ1) is 18.1. The van der Waals surface area contributed by atoms with Crippen molar-refractivity contribution >= 4 is 26.8 Å². The van der Waals surface area contributed by atoms with Crippen LogP contribution in [0.25, 0.3) is 10.9 Å². The van der Waals surface area contributed by atoms with E-state index in [1.165, 1.54) is 13.2 Å². The molecule has 198 valence electrons. The molecule has 0 fully saturated rings. The van der Waals surface area contributed by atoms with E-state index in [4.69, 9.17) is 14.2 Å². The van der Waals surface area contributed by atoms with Gasteiger partial charge in [-0.15, -0.1) is 0 Å². The Morgan fingerprint density at radius 1 is 1.03 bits per heavy atom. The lowest BCUT2D eigenvalue weighted by molar-refractivity contribution is -0.119. The van der Waals surface area contributed by atoms with Gasteiger partial charge in [-0.2, -0.15) is 0 Å². The van der Waals surface area contributed by atoms with Crippen LogP contribution in [0.1, 0.15) is 34.5 Å². The summed E-state index contributed by atoms with van der Waals surface area (Å²) in [4.78, 5) is 13.7. The SMILES string of the molecule is COc1cc(C)ccc1S(=O)(=O)NC(=O)[C@@H](c1ccc2c(c1)OCO2)c1cn(C)c2cc(C(O)O)ccc12. The molecule has 0 spiro atoms. The molecule has 0 saturated heterocycles. The lowest BCUT2D eigenvalue weighted by Crippen LogP contribution is -2.35. The van der Waals surface area contributed by atoms with Crippen molar-refractivity contribution in [2.75, 3.05) is 13.9 Å². The van der Waals surface area contributed by atoms with Crippen molar-refractivity contribution in [3.63, 3.8) is 0 Å². The Kier molecular flexibility index (Phi) is 6.51. The number of amides is 1. The average molecular weight is 539 g/mol. The Hall–Kier alpha value is -4.06. The van der Waals surface area contributed by atoms with Crippen molar-refractivity contribution in [2.45, 2.75) is 24.0 Å². The molecule has 5 rings (SSSR count). The summed E-state index contributed by atoms with van der Waals surface area (Å²) in [5.41, 5.74) is 2.71. The largest absolute Gasteiger partial charge is 0.495 e. The Balaban J connectivity index is 1.63. The van der Waals surface area contributed by atoms with E-state index in [-0.39, 0.29) is 23.0 Å². The lowest BCUT2D eigenvalue weighted by atomic mass is 9.90. The number of nitrogens with one attached hydrogen (secondary N) is 1. The van der Waals surface area contributed by atoms with Crippen molar-refractivity contribution in [1.29, 1.82) is 0 Å². The summed E-state index contributed by atoms with van der Waals surface area (Å²) in [5, 5.41) is 19.9. The molecule has 0 aliphatic carbocycles. The zero-order chi connectivity index (χ0) is 27.2.